The van der Waals surface area contributed by atoms with Crippen molar-refractivity contribution in [3.63, 3.8) is 0 Å². The molecule has 0 unspecified atom stereocenters. The predicted octanol–water partition coefficient (Wildman–Crippen LogP) is 4.34. The summed E-state index contributed by atoms with van der Waals surface area (Å²) in [5.41, 5.74) is -4.02. The minimum atomic E-state index is -2.85. The van der Waals surface area contributed by atoms with Gasteiger partial charge in [0.05, 0.1) is 43.9 Å². The van der Waals surface area contributed by atoms with E-state index in [0.29, 0.717) is 26.2 Å². The Morgan fingerprint density at radius 1 is 0.727 bits per heavy atom. The standard InChI is InChI=1S/C22H23F2N3O5.C21H18ClF4N3O5/c1-3-26-16-10-32-7-6-15(16)27-9-13(19(28)20(29)18(27)22(26)31)21(30)25-8-12-4-5-14(23)11(2)17(12)24;22-15-11(23)2-1-9(16(15)26)5-27-20(32)10-6-28-12-3-4-34-8-13(12)29(7-14(24)25)21(33)17(28)19(31)18(10)30/h4-5,9,15-16,29H,3,6-8,10H2,1-2H3,(H,25,30);1-2,6,12-14,31H,3-5,7-8H2,(H,27,32)/t15-,16+;12-,13+/m00/s1. The fourth-order valence-corrected chi connectivity index (χ4v) is 8.78. The number of ether oxygens (including phenoxy) is 2. The highest BCUT2D eigenvalue weighted by atomic mass is 35.5. The van der Waals surface area contributed by atoms with Crippen molar-refractivity contribution in [2.75, 3.05) is 39.5 Å². The van der Waals surface area contributed by atoms with Gasteiger partial charge in [-0.15, -0.1) is 0 Å². The lowest BCUT2D eigenvalue weighted by Gasteiger charge is -2.45. The Balaban J connectivity index is 0.000000197. The third kappa shape index (κ3) is 8.71. The molecule has 66 heavy (non-hydrogen) atoms. The highest BCUT2D eigenvalue weighted by Gasteiger charge is 2.45. The van der Waals surface area contributed by atoms with Gasteiger partial charge in [-0.05, 0) is 38.8 Å². The SMILES string of the molecule is CCN1C(=O)c2c(O)c(=O)c(C(=O)NCc3ccc(F)c(C)c3F)cn2[C@H]2CCOC[C@H]21.O=C(NCc1ccc(F)c(Cl)c1F)c1cn2c(c(O)c1=O)C(=O)N(CC(F)F)[C@@H]1COCC[C@@H]12. The Hall–Kier alpha value is -6.39. The molecule has 0 aliphatic carbocycles. The van der Waals surface area contributed by atoms with E-state index in [0.717, 1.165) is 29.3 Å². The van der Waals surface area contributed by atoms with Crippen LogP contribution in [0.3, 0.4) is 0 Å². The van der Waals surface area contributed by atoms with Gasteiger partial charge < -0.3 is 49.3 Å². The first-order valence-corrected chi connectivity index (χ1v) is 20.9. The van der Waals surface area contributed by atoms with Crippen molar-refractivity contribution in [1.29, 1.82) is 0 Å². The van der Waals surface area contributed by atoms with Crippen LogP contribution in [0.2, 0.25) is 5.02 Å². The summed E-state index contributed by atoms with van der Waals surface area (Å²) in [6.07, 6.45) is 0.296. The van der Waals surface area contributed by atoms with Gasteiger partial charge in [0.2, 0.25) is 10.9 Å². The van der Waals surface area contributed by atoms with Gasteiger partial charge in [-0.1, -0.05) is 23.7 Å². The van der Waals surface area contributed by atoms with E-state index in [1.54, 1.807) is 11.8 Å². The summed E-state index contributed by atoms with van der Waals surface area (Å²) >= 11 is 5.52. The number of benzene rings is 2. The van der Waals surface area contributed by atoms with Crippen molar-refractivity contribution in [3.05, 3.63) is 125 Å². The summed E-state index contributed by atoms with van der Waals surface area (Å²) < 4.78 is 94.9. The molecular weight excluding hydrogens is 910 g/mol. The van der Waals surface area contributed by atoms with Gasteiger partial charge in [0.25, 0.3) is 30.1 Å². The van der Waals surface area contributed by atoms with Crippen molar-refractivity contribution in [1.82, 2.24) is 29.6 Å². The molecule has 4 N–H and O–H groups in total. The number of aromatic hydroxyl groups is 2. The zero-order valence-electron chi connectivity index (χ0n) is 35.0. The van der Waals surface area contributed by atoms with Crippen LogP contribution in [0.15, 0.2) is 46.2 Å². The first-order valence-electron chi connectivity index (χ1n) is 20.5. The summed E-state index contributed by atoms with van der Waals surface area (Å²) in [7, 11) is 0. The Morgan fingerprint density at radius 3 is 1.67 bits per heavy atom. The number of hydrogen-bond acceptors (Lipinski definition) is 10. The second kappa shape index (κ2) is 19.2. The number of hydrogen-bond donors (Lipinski definition) is 4. The molecule has 0 spiro atoms. The van der Waals surface area contributed by atoms with E-state index >= 15 is 0 Å². The number of halogens is 7. The molecule has 4 atom stereocenters. The normalized spacial score (nSPS) is 19.8. The van der Waals surface area contributed by atoms with Crippen LogP contribution in [0, 0.1) is 30.2 Å². The maximum Gasteiger partial charge on any atom is 0.275 e. The van der Waals surface area contributed by atoms with E-state index in [9.17, 15) is 65.3 Å². The second-order valence-corrected chi connectivity index (χ2v) is 16.1. The van der Waals surface area contributed by atoms with Gasteiger partial charge in [-0.3, -0.25) is 28.8 Å². The van der Waals surface area contributed by atoms with Crippen molar-refractivity contribution < 1.29 is 65.2 Å². The molecule has 352 valence electrons. The Bertz CT molecular complexity index is 2750. The van der Waals surface area contributed by atoms with Crippen LogP contribution < -0.4 is 21.5 Å². The quantitative estimate of drug-likeness (QED) is 0.138. The van der Waals surface area contributed by atoms with Crippen LogP contribution in [0.25, 0.3) is 0 Å². The Kier molecular flexibility index (Phi) is 13.9. The Labute approximate surface area is 375 Å². The van der Waals surface area contributed by atoms with Crippen molar-refractivity contribution in [2.45, 2.75) is 70.4 Å². The number of alkyl halides is 2. The molecule has 0 radical (unpaired) electrons. The Morgan fingerprint density at radius 2 is 1.18 bits per heavy atom. The first-order chi connectivity index (χ1) is 31.4. The highest BCUT2D eigenvalue weighted by Crippen LogP contribution is 2.37. The van der Waals surface area contributed by atoms with Gasteiger partial charge in [-0.25, -0.2) is 26.3 Å². The van der Waals surface area contributed by atoms with Gasteiger partial charge in [0.1, 0.15) is 39.4 Å². The number of nitrogens with zero attached hydrogens (tertiary/aromatic N) is 4. The number of carbonyl (C=O) groups is 4. The zero-order valence-corrected chi connectivity index (χ0v) is 35.8. The van der Waals surface area contributed by atoms with Crippen LogP contribution in [0.4, 0.5) is 26.3 Å². The lowest BCUT2D eigenvalue weighted by Crippen LogP contribution is -2.56. The fraction of sp³-hybridized carbons (Fsp3) is 0.395. The van der Waals surface area contributed by atoms with Crippen LogP contribution in [0.1, 0.15) is 90.2 Å². The van der Waals surface area contributed by atoms with Crippen molar-refractivity contribution in [3.8, 4) is 11.5 Å². The molecule has 16 nitrogen and oxygen atoms in total. The largest absolute Gasteiger partial charge is 0.503 e. The minimum Gasteiger partial charge on any atom is -0.503 e. The van der Waals surface area contributed by atoms with E-state index in [1.165, 1.54) is 28.3 Å². The summed E-state index contributed by atoms with van der Waals surface area (Å²) in [6.45, 7) is 2.75. The molecule has 2 saturated heterocycles. The third-order valence-electron chi connectivity index (χ3n) is 12.0. The number of aromatic nitrogens is 2. The van der Waals surface area contributed by atoms with E-state index in [-0.39, 0.29) is 66.2 Å². The van der Waals surface area contributed by atoms with Gasteiger partial charge in [-0.2, -0.15) is 0 Å². The molecule has 0 saturated carbocycles. The van der Waals surface area contributed by atoms with Gasteiger partial charge >= 0.3 is 0 Å². The smallest absolute Gasteiger partial charge is 0.275 e. The predicted molar refractivity (Wildman–Crippen MR) is 220 cm³/mol. The first kappa shape index (κ1) is 47.6. The molecule has 2 aromatic carbocycles. The molecule has 4 aromatic rings. The lowest BCUT2D eigenvalue weighted by atomic mass is 9.95. The summed E-state index contributed by atoms with van der Waals surface area (Å²) in [5, 5.41) is 25.0. The number of fused-ring (bicyclic) bond motifs is 6. The molecule has 8 rings (SSSR count). The van der Waals surface area contributed by atoms with Crippen LogP contribution in [-0.2, 0) is 22.6 Å². The number of pyridine rings is 2. The fourth-order valence-electron chi connectivity index (χ4n) is 8.59. The number of amides is 4. The van der Waals surface area contributed by atoms with E-state index < -0.39 is 117 Å². The maximum atomic E-state index is 14.2. The second-order valence-electron chi connectivity index (χ2n) is 15.7. The van der Waals surface area contributed by atoms with Crippen molar-refractivity contribution in [2.24, 2.45) is 0 Å². The topological polar surface area (TPSA) is 202 Å². The van der Waals surface area contributed by atoms with Crippen LogP contribution >= 0.6 is 11.6 Å². The molecule has 2 aromatic heterocycles. The highest BCUT2D eigenvalue weighted by molar-refractivity contribution is 6.31. The number of carbonyl (C=O) groups excluding carboxylic acids is 4. The molecule has 4 aliphatic rings. The van der Waals surface area contributed by atoms with Crippen LogP contribution in [0.5, 0.6) is 11.5 Å². The van der Waals surface area contributed by atoms with Crippen molar-refractivity contribution >= 4 is 35.2 Å². The molecule has 23 heteroatoms. The summed E-state index contributed by atoms with van der Waals surface area (Å²) in [6, 6.07) is 2.29. The number of rotatable bonds is 9. The van der Waals surface area contributed by atoms with E-state index in [1.807, 2.05) is 0 Å². The molecule has 4 aliphatic heterocycles. The van der Waals surface area contributed by atoms with E-state index in [4.69, 9.17) is 21.1 Å². The van der Waals surface area contributed by atoms with Gasteiger partial charge in [0, 0.05) is 61.9 Å². The molecule has 0 bridgehead atoms. The number of likely N-dealkylation sites (N-methyl/N-ethyl adjacent to an activating group) is 1. The van der Waals surface area contributed by atoms with Gasteiger partial charge in [0.15, 0.2) is 22.9 Å². The average molecular weight is 951 g/mol. The zero-order chi connectivity index (χ0) is 47.9. The summed E-state index contributed by atoms with van der Waals surface area (Å²) in [4.78, 5) is 79.1. The maximum absolute atomic E-state index is 14.2. The lowest BCUT2D eigenvalue weighted by molar-refractivity contribution is -0.0339. The number of nitrogens with one attached hydrogen (secondary N) is 2. The average Bonchev–Trinajstić information content (AvgIpc) is 3.30. The minimum absolute atomic E-state index is 0.0401. The molecular formula is C43H41ClF6N6O10. The van der Waals surface area contributed by atoms with E-state index in [2.05, 4.69) is 10.6 Å². The monoisotopic (exact) mass is 950 g/mol. The molecule has 6 heterocycles. The van der Waals surface area contributed by atoms with Crippen LogP contribution in [-0.4, -0.2) is 111 Å². The molecule has 4 amide bonds. The summed E-state index contributed by atoms with van der Waals surface area (Å²) in [5.74, 6) is -8.74. The molecule has 2 fully saturated rings. The third-order valence-corrected chi connectivity index (χ3v) is 12.3.